The molecule has 2 heterocycles. The summed E-state index contributed by atoms with van der Waals surface area (Å²) in [6.07, 6.45) is 4.38. The van der Waals surface area contributed by atoms with Crippen molar-refractivity contribution in [2.75, 3.05) is 11.5 Å². The van der Waals surface area contributed by atoms with Crippen molar-refractivity contribution in [1.82, 2.24) is 19.9 Å². The van der Waals surface area contributed by atoms with Crippen LogP contribution in [0.25, 0.3) is 21.8 Å². The Morgan fingerprint density at radius 2 is 1.08 bits per heavy atom. The minimum Gasteiger partial charge on any atom is -0.236 e. The molecule has 4 nitrogen and oxygen atoms in total. The molecule has 0 N–H and O–H groups in total. The van der Waals surface area contributed by atoms with Crippen molar-refractivity contribution in [3.05, 3.63) is 61.2 Å². The maximum absolute atomic E-state index is 4.43. The molecular weight excluding hydrogens is 348 g/mol. The van der Waals surface area contributed by atoms with Crippen LogP contribution >= 0.6 is 23.5 Å². The van der Waals surface area contributed by atoms with E-state index in [1.54, 1.807) is 36.2 Å². The number of fused-ring (bicyclic) bond motifs is 2. The number of hydrogen-bond acceptors (Lipinski definition) is 6. The molecule has 0 unspecified atom stereocenters. The van der Waals surface area contributed by atoms with Gasteiger partial charge in [0, 0.05) is 22.3 Å². The molecule has 0 bridgehead atoms. The fourth-order valence-electron chi connectivity index (χ4n) is 2.59. The largest absolute Gasteiger partial charge is 0.236 e. The van der Waals surface area contributed by atoms with E-state index in [0.717, 1.165) is 49.8 Å². The van der Waals surface area contributed by atoms with Crippen LogP contribution in [-0.2, 0) is 0 Å². The highest BCUT2D eigenvalue weighted by Crippen LogP contribution is 2.27. The summed E-state index contributed by atoms with van der Waals surface area (Å²) in [7, 11) is 0. The van der Waals surface area contributed by atoms with Crippen LogP contribution < -0.4 is 0 Å². The van der Waals surface area contributed by atoms with Crippen LogP contribution in [0.3, 0.4) is 0 Å². The zero-order valence-corrected chi connectivity index (χ0v) is 15.1. The third-order valence-electron chi connectivity index (χ3n) is 3.78. The molecule has 2 aromatic heterocycles. The van der Waals surface area contributed by atoms with Crippen molar-refractivity contribution >= 4 is 45.3 Å². The Morgan fingerprint density at radius 3 is 1.60 bits per heavy atom. The second-order valence-corrected chi connectivity index (χ2v) is 7.61. The van der Waals surface area contributed by atoms with Gasteiger partial charge in [0.15, 0.2) is 0 Å². The Labute approximate surface area is 154 Å². The molecule has 0 aliphatic rings. The third-order valence-corrected chi connectivity index (χ3v) is 5.96. The minimum absolute atomic E-state index is 1.00. The Hall–Kier alpha value is -2.18. The van der Waals surface area contributed by atoms with Crippen LogP contribution in [0.4, 0.5) is 0 Å². The van der Waals surface area contributed by atoms with E-state index in [1.165, 1.54) is 0 Å². The number of aromatic nitrogens is 4. The van der Waals surface area contributed by atoms with Crippen LogP contribution in [0.15, 0.2) is 71.2 Å². The number of rotatable bonds is 6. The molecule has 2 aromatic carbocycles. The summed E-state index contributed by atoms with van der Waals surface area (Å²) in [6, 6.07) is 16.3. The first-order chi connectivity index (χ1) is 12.4. The molecule has 25 heavy (non-hydrogen) atoms. The maximum atomic E-state index is 4.43. The van der Waals surface area contributed by atoms with Gasteiger partial charge in [-0.15, -0.1) is 23.5 Å². The molecule has 0 atom stereocenters. The first kappa shape index (κ1) is 16.3. The third kappa shape index (κ3) is 3.75. The van der Waals surface area contributed by atoms with Crippen LogP contribution in [0.1, 0.15) is 6.42 Å². The molecule has 4 aromatic rings. The van der Waals surface area contributed by atoms with Crippen molar-refractivity contribution in [1.29, 1.82) is 0 Å². The second-order valence-electron chi connectivity index (χ2n) is 5.44. The van der Waals surface area contributed by atoms with Crippen LogP contribution in [0.2, 0.25) is 0 Å². The van der Waals surface area contributed by atoms with E-state index in [2.05, 4.69) is 32.1 Å². The molecule has 0 radical (unpaired) electrons. The average molecular weight is 364 g/mol. The Bertz CT molecular complexity index is 915. The summed E-state index contributed by atoms with van der Waals surface area (Å²) in [4.78, 5) is 17.5. The monoisotopic (exact) mass is 364 g/mol. The van der Waals surface area contributed by atoms with E-state index < -0.39 is 0 Å². The van der Waals surface area contributed by atoms with Gasteiger partial charge in [-0.3, -0.25) is 0 Å². The van der Waals surface area contributed by atoms with Crippen molar-refractivity contribution in [2.24, 2.45) is 0 Å². The topological polar surface area (TPSA) is 51.6 Å². The molecule has 124 valence electrons. The Balaban J connectivity index is 1.35. The highest BCUT2D eigenvalue weighted by Gasteiger charge is 2.05. The summed E-state index contributed by atoms with van der Waals surface area (Å²) in [5.74, 6) is 2.05. The quantitative estimate of drug-likeness (QED) is 0.277. The van der Waals surface area contributed by atoms with Crippen molar-refractivity contribution < 1.29 is 0 Å². The Kier molecular flexibility index (Phi) is 5.09. The predicted octanol–water partition coefficient (Wildman–Crippen LogP) is 4.85. The van der Waals surface area contributed by atoms with Crippen molar-refractivity contribution in [3.8, 4) is 0 Å². The lowest BCUT2D eigenvalue weighted by atomic mass is 10.2. The van der Waals surface area contributed by atoms with Gasteiger partial charge >= 0.3 is 0 Å². The molecule has 0 spiro atoms. The fraction of sp³-hybridized carbons (Fsp3) is 0.158. The lowest BCUT2D eigenvalue weighted by Gasteiger charge is -2.06. The SMILES string of the molecule is c1ccc2c(SCCCSc3ncnc4ccccc34)ncnc2c1. The van der Waals surface area contributed by atoms with Crippen LogP contribution in [0.5, 0.6) is 0 Å². The normalized spacial score (nSPS) is 11.2. The number of nitrogens with zero attached hydrogens (tertiary/aromatic N) is 4. The molecule has 4 rings (SSSR count). The summed E-state index contributed by atoms with van der Waals surface area (Å²) in [5, 5.41) is 4.38. The molecule has 0 saturated carbocycles. The molecule has 0 amide bonds. The van der Waals surface area contributed by atoms with Gasteiger partial charge in [0.25, 0.3) is 0 Å². The van der Waals surface area contributed by atoms with Crippen LogP contribution in [-0.4, -0.2) is 31.4 Å². The zero-order valence-electron chi connectivity index (χ0n) is 13.5. The highest BCUT2D eigenvalue weighted by molar-refractivity contribution is 8.00. The van der Waals surface area contributed by atoms with Gasteiger partial charge in [-0.1, -0.05) is 36.4 Å². The average Bonchev–Trinajstić information content (AvgIpc) is 2.68. The van der Waals surface area contributed by atoms with Gasteiger partial charge in [-0.2, -0.15) is 0 Å². The maximum Gasteiger partial charge on any atom is 0.117 e. The molecular formula is C19H16N4S2. The van der Waals surface area contributed by atoms with Crippen LogP contribution in [0, 0.1) is 0 Å². The van der Waals surface area contributed by atoms with E-state index >= 15 is 0 Å². The molecule has 6 heteroatoms. The summed E-state index contributed by atoms with van der Waals surface area (Å²) in [6.45, 7) is 0. The lowest BCUT2D eigenvalue weighted by molar-refractivity contribution is 1.07. The number of para-hydroxylation sites is 2. The van der Waals surface area contributed by atoms with E-state index in [4.69, 9.17) is 0 Å². The van der Waals surface area contributed by atoms with Gasteiger partial charge in [-0.25, -0.2) is 19.9 Å². The molecule has 0 aliphatic heterocycles. The standard InChI is InChI=1S/C19H16N4S2/c1-3-8-16-14(6-1)18(22-12-20-16)24-10-5-11-25-19-15-7-2-4-9-17(15)21-13-23-19/h1-4,6-9,12-13H,5,10-11H2. The highest BCUT2D eigenvalue weighted by atomic mass is 32.2. The number of thioether (sulfide) groups is 2. The Morgan fingerprint density at radius 1 is 0.600 bits per heavy atom. The van der Waals surface area contributed by atoms with Crippen molar-refractivity contribution in [2.45, 2.75) is 16.5 Å². The molecule has 0 aliphatic carbocycles. The van der Waals surface area contributed by atoms with Gasteiger partial charge in [0.1, 0.15) is 22.7 Å². The van der Waals surface area contributed by atoms with E-state index in [0.29, 0.717) is 0 Å². The van der Waals surface area contributed by atoms with E-state index in [1.807, 2.05) is 36.4 Å². The van der Waals surface area contributed by atoms with E-state index in [9.17, 15) is 0 Å². The summed E-state index contributed by atoms with van der Waals surface area (Å²) >= 11 is 3.58. The first-order valence-electron chi connectivity index (χ1n) is 8.07. The first-order valence-corrected chi connectivity index (χ1v) is 10.0. The van der Waals surface area contributed by atoms with Gasteiger partial charge in [-0.05, 0) is 18.6 Å². The smallest absolute Gasteiger partial charge is 0.117 e. The van der Waals surface area contributed by atoms with Gasteiger partial charge in [0.05, 0.1) is 11.0 Å². The molecule has 0 fully saturated rings. The second kappa shape index (κ2) is 7.80. The molecule has 0 saturated heterocycles. The van der Waals surface area contributed by atoms with Gasteiger partial charge in [0.2, 0.25) is 0 Å². The van der Waals surface area contributed by atoms with E-state index in [-0.39, 0.29) is 0 Å². The number of hydrogen-bond donors (Lipinski definition) is 0. The summed E-state index contributed by atoms with van der Waals surface area (Å²) in [5.41, 5.74) is 2.00. The minimum atomic E-state index is 1.00. The number of benzene rings is 2. The lowest BCUT2D eigenvalue weighted by Crippen LogP contribution is -1.91. The zero-order chi connectivity index (χ0) is 16.9. The van der Waals surface area contributed by atoms with Gasteiger partial charge < -0.3 is 0 Å². The van der Waals surface area contributed by atoms with Crippen molar-refractivity contribution in [3.63, 3.8) is 0 Å². The fourth-order valence-corrected chi connectivity index (χ4v) is 4.63. The predicted molar refractivity (Wildman–Crippen MR) is 105 cm³/mol. The summed E-state index contributed by atoms with van der Waals surface area (Å²) < 4.78 is 0.